The van der Waals surface area contributed by atoms with Gasteiger partial charge in [0.25, 0.3) is 5.91 Å². The van der Waals surface area contributed by atoms with Crippen LogP contribution in [0, 0.1) is 0 Å². The van der Waals surface area contributed by atoms with Gasteiger partial charge in [-0.15, -0.1) is 0 Å². The van der Waals surface area contributed by atoms with Crippen molar-refractivity contribution in [3.05, 3.63) is 29.8 Å². The van der Waals surface area contributed by atoms with E-state index in [0.29, 0.717) is 11.3 Å². The number of nitrogens with zero attached hydrogens (tertiary/aromatic N) is 1. The molecule has 1 atom stereocenters. The number of carbonyl (C=O) groups is 2. The molecule has 1 aliphatic rings. The second-order valence-electron chi connectivity index (χ2n) is 5.27. The number of anilines is 1. The summed E-state index contributed by atoms with van der Waals surface area (Å²) in [6.07, 6.45) is 3.06. The van der Waals surface area contributed by atoms with Gasteiger partial charge in [0.15, 0.2) is 0 Å². The van der Waals surface area contributed by atoms with Crippen LogP contribution in [0.2, 0.25) is 0 Å². The maximum absolute atomic E-state index is 12.1. The van der Waals surface area contributed by atoms with Crippen molar-refractivity contribution < 1.29 is 9.59 Å². The van der Waals surface area contributed by atoms with E-state index in [9.17, 15) is 9.59 Å². The molecule has 108 valence electrons. The topological polar surface area (TPSA) is 61.4 Å². The van der Waals surface area contributed by atoms with Gasteiger partial charge in [0.2, 0.25) is 5.91 Å². The van der Waals surface area contributed by atoms with Gasteiger partial charge in [-0.1, -0.05) is 12.5 Å². The van der Waals surface area contributed by atoms with E-state index in [1.165, 1.54) is 4.90 Å². The molecule has 5 heteroatoms. The summed E-state index contributed by atoms with van der Waals surface area (Å²) in [7, 11) is 3.42. The Hall–Kier alpha value is -1.88. The lowest BCUT2D eigenvalue weighted by Crippen LogP contribution is -2.43. The Kier molecular flexibility index (Phi) is 4.74. The van der Waals surface area contributed by atoms with E-state index in [1.54, 1.807) is 38.4 Å². The molecule has 0 radical (unpaired) electrons. The second kappa shape index (κ2) is 6.52. The SMILES string of the molecule is CN(C)C(=O)c1cccc(NC(=O)[C@@H]2CCCCN2)c1. The van der Waals surface area contributed by atoms with Crippen molar-refractivity contribution in [3.8, 4) is 0 Å². The minimum Gasteiger partial charge on any atom is -0.345 e. The molecule has 1 aromatic carbocycles. The first kappa shape index (κ1) is 14.5. The fourth-order valence-electron chi connectivity index (χ4n) is 2.29. The van der Waals surface area contributed by atoms with Crippen molar-refractivity contribution in [1.29, 1.82) is 0 Å². The Morgan fingerprint density at radius 3 is 2.75 bits per heavy atom. The molecular formula is C15H21N3O2. The van der Waals surface area contributed by atoms with Crippen LogP contribution in [0.15, 0.2) is 24.3 Å². The number of amides is 2. The molecule has 5 nitrogen and oxygen atoms in total. The lowest BCUT2D eigenvalue weighted by Gasteiger charge is -2.22. The van der Waals surface area contributed by atoms with Crippen LogP contribution in [0.5, 0.6) is 0 Å². The molecule has 1 aliphatic heterocycles. The predicted molar refractivity (Wildman–Crippen MR) is 78.7 cm³/mol. The summed E-state index contributed by atoms with van der Waals surface area (Å²) >= 11 is 0. The monoisotopic (exact) mass is 275 g/mol. The van der Waals surface area contributed by atoms with E-state index in [4.69, 9.17) is 0 Å². The first-order valence-electron chi connectivity index (χ1n) is 6.94. The Bertz CT molecular complexity index is 494. The molecule has 0 bridgehead atoms. The van der Waals surface area contributed by atoms with Gasteiger partial charge in [0.1, 0.15) is 0 Å². The van der Waals surface area contributed by atoms with Crippen molar-refractivity contribution in [3.63, 3.8) is 0 Å². The Labute approximate surface area is 119 Å². The molecule has 20 heavy (non-hydrogen) atoms. The summed E-state index contributed by atoms with van der Waals surface area (Å²) in [4.78, 5) is 25.5. The summed E-state index contributed by atoms with van der Waals surface area (Å²) in [5.41, 5.74) is 1.24. The first-order valence-corrected chi connectivity index (χ1v) is 6.94. The smallest absolute Gasteiger partial charge is 0.253 e. The maximum atomic E-state index is 12.1. The summed E-state index contributed by atoms with van der Waals surface area (Å²) in [5, 5.41) is 6.08. The lowest BCUT2D eigenvalue weighted by molar-refractivity contribution is -0.118. The zero-order valence-electron chi connectivity index (χ0n) is 12.0. The van der Waals surface area contributed by atoms with Gasteiger partial charge in [-0.2, -0.15) is 0 Å². The van der Waals surface area contributed by atoms with E-state index in [1.807, 2.05) is 0 Å². The van der Waals surface area contributed by atoms with E-state index < -0.39 is 0 Å². The first-order chi connectivity index (χ1) is 9.58. The van der Waals surface area contributed by atoms with Crippen LogP contribution in [0.1, 0.15) is 29.6 Å². The molecule has 0 aromatic heterocycles. The highest BCUT2D eigenvalue weighted by Crippen LogP contribution is 2.14. The van der Waals surface area contributed by atoms with Crippen LogP contribution in [-0.4, -0.2) is 43.4 Å². The normalized spacial score (nSPS) is 18.4. The molecule has 1 fully saturated rings. The van der Waals surface area contributed by atoms with Gasteiger partial charge in [0, 0.05) is 25.3 Å². The largest absolute Gasteiger partial charge is 0.345 e. The van der Waals surface area contributed by atoms with Crippen LogP contribution in [-0.2, 0) is 4.79 Å². The van der Waals surface area contributed by atoms with Gasteiger partial charge >= 0.3 is 0 Å². The lowest BCUT2D eigenvalue weighted by atomic mass is 10.0. The van der Waals surface area contributed by atoms with Gasteiger partial charge in [0.05, 0.1) is 6.04 Å². The minimum atomic E-state index is -0.128. The molecule has 2 N–H and O–H groups in total. The summed E-state index contributed by atoms with van der Waals surface area (Å²) in [6.45, 7) is 0.886. The zero-order valence-corrected chi connectivity index (χ0v) is 12.0. The molecular weight excluding hydrogens is 254 g/mol. The summed E-state index contributed by atoms with van der Waals surface area (Å²) in [6, 6.07) is 6.91. The highest BCUT2D eigenvalue weighted by molar-refractivity contribution is 5.98. The molecule has 1 heterocycles. The number of hydrogen-bond donors (Lipinski definition) is 2. The fraction of sp³-hybridized carbons (Fsp3) is 0.467. The highest BCUT2D eigenvalue weighted by atomic mass is 16.2. The zero-order chi connectivity index (χ0) is 14.5. The highest BCUT2D eigenvalue weighted by Gasteiger charge is 2.20. The number of carbonyl (C=O) groups excluding carboxylic acids is 2. The van der Waals surface area contributed by atoms with Crippen LogP contribution < -0.4 is 10.6 Å². The van der Waals surface area contributed by atoms with Gasteiger partial charge < -0.3 is 15.5 Å². The molecule has 0 unspecified atom stereocenters. The van der Waals surface area contributed by atoms with Crippen molar-refractivity contribution in [2.24, 2.45) is 0 Å². The van der Waals surface area contributed by atoms with E-state index in [-0.39, 0.29) is 17.9 Å². The van der Waals surface area contributed by atoms with Crippen molar-refractivity contribution in [2.45, 2.75) is 25.3 Å². The molecule has 0 aliphatic carbocycles. The number of hydrogen-bond acceptors (Lipinski definition) is 3. The average Bonchev–Trinajstić information content (AvgIpc) is 2.47. The molecule has 2 amide bonds. The Balaban J connectivity index is 2.04. The quantitative estimate of drug-likeness (QED) is 0.878. The van der Waals surface area contributed by atoms with Crippen LogP contribution >= 0.6 is 0 Å². The third-order valence-electron chi connectivity index (χ3n) is 3.41. The van der Waals surface area contributed by atoms with Crippen molar-refractivity contribution in [1.82, 2.24) is 10.2 Å². The number of benzene rings is 1. The van der Waals surface area contributed by atoms with Crippen molar-refractivity contribution in [2.75, 3.05) is 26.0 Å². The Morgan fingerprint density at radius 2 is 2.10 bits per heavy atom. The van der Waals surface area contributed by atoms with Crippen LogP contribution in [0.4, 0.5) is 5.69 Å². The van der Waals surface area contributed by atoms with E-state index in [0.717, 1.165) is 25.8 Å². The molecule has 0 saturated carbocycles. The third-order valence-corrected chi connectivity index (χ3v) is 3.41. The van der Waals surface area contributed by atoms with Gasteiger partial charge in [-0.3, -0.25) is 9.59 Å². The van der Waals surface area contributed by atoms with E-state index >= 15 is 0 Å². The second-order valence-corrected chi connectivity index (χ2v) is 5.27. The molecule has 0 spiro atoms. The minimum absolute atomic E-state index is 0.0286. The van der Waals surface area contributed by atoms with Crippen LogP contribution in [0.25, 0.3) is 0 Å². The summed E-state index contributed by atoms with van der Waals surface area (Å²) in [5.74, 6) is -0.101. The van der Waals surface area contributed by atoms with Crippen molar-refractivity contribution >= 4 is 17.5 Å². The molecule has 1 aromatic rings. The maximum Gasteiger partial charge on any atom is 0.253 e. The molecule has 1 saturated heterocycles. The average molecular weight is 275 g/mol. The fourth-order valence-corrected chi connectivity index (χ4v) is 2.29. The van der Waals surface area contributed by atoms with Gasteiger partial charge in [-0.05, 0) is 37.6 Å². The number of nitrogens with one attached hydrogen (secondary N) is 2. The van der Waals surface area contributed by atoms with Crippen LogP contribution in [0.3, 0.4) is 0 Å². The number of rotatable bonds is 3. The molecule has 2 rings (SSSR count). The summed E-state index contributed by atoms with van der Waals surface area (Å²) < 4.78 is 0. The Morgan fingerprint density at radius 1 is 1.30 bits per heavy atom. The van der Waals surface area contributed by atoms with Gasteiger partial charge in [-0.25, -0.2) is 0 Å². The third kappa shape index (κ3) is 3.57. The van der Waals surface area contributed by atoms with E-state index in [2.05, 4.69) is 10.6 Å². The number of piperidine rings is 1. The standard InChI is InChI=1S/C15H21N3O2/c1-18(2)15(20)11-6-5-7-12(10-11)17-14(19)13-8-3-4-9-16-13/h5-7,10,13,16H,3-4,8-9H2,1-2H3,(H,17,19)/t13-/m0/s1. The predicted octanol–water partition coefficient (Wildman–Crippen LogP) is 1.47.